The van der Waals surface area contributed by atoms with Crippen molar-refractivity contribution in [3.05, 3.63) is 35.9 Å². The summed E-state index contributed by atoms with van der Waals surface area (Å²) in [4.78, 5) is 0. The van der Waals surface area contributed by atoms with Crippen LogP contribution < -0.4 is 5.32 Å². The Kier molecular flexibility index (Phi) is 5.26. The number of benzene rings is 1. The third kappa shape index (κ3) is 2.93. The van der Waals surface area contributed by atoms with Crippen LogP contribution in [0.25, 0.3) is 0 Å². The quantitative estimate of drug-likeness (QED) is 0.809. The third-order valence-corrected chi connectivity index (χ3v) is 5.38. The molecule has 3 saturated carbocycles. The van der Waals surface area contributed by atoms with Crippen LogP contribution in [0.3, 0.4) is 0 Å². The predicted octanol–water partition coefficient (Wildman–Crippen LogP) is 5.06. The van der Waals surface area contributed by atoms with E-state index in [4.69, 9.17) is 0 Å². The molecule has 20 heavy (non-hydrogen) atoms. The van der Waals surface area contributed by atoms with E-state index in [9.17, 15) is 0 Å². The van der Waals surface area contributed by atoms with E-state index in [1.807, 2.05) is 13.8 Å². The molecule has 3 aliphatic rings. The predicted molar refractivity (Wildman–Crippen MR) is 88.2 cm³/mol. The van der Waals surface area contributed by atoms with Gasteiger partial charge in [-0.15, -0.1) is 0 Å². The lowest BCUT2D eigenvalue weighted by molar-refractivity contribution is 0.0775. The molecule has 112 valence electrons. The molecule has 1 aromatic rings. The minimum absolute atomic E-state index is 0.493. The summed E-state index contributed by atoms with van der Waals surface area (Å²) in [6, 6.07) is 11.2. The Morgan fingerprint density at radius 1 is 0.900 bits per heavy atom. The lowest BCUT2D eigenvalue weighted by Gasteiger charge is -2.54. The van der Waals surface area contributed by atoms with Crippen LogP contribution in [0.1, 0.15) is 71.3 Å². The highest BCUT2D eigenvalue weighted by Gasteiger charge is 2.48. The Balaban J connectivity index is 0.000000704. The van der Waals surface area contributed by atoms with Crippen molar-refractivity contribution in [1.29, 1.82) is 0 Å². The van der Waals surface area contributed by atoms with Gasteiger partial charge in [-0.1, -0.05) is 51.1 Å². The van der Waals surface area contributed by atoms with E-state index < -0.39 is 0 Å². The highest BCUT2D eigenvalue weighted by atomic mass is 15.0. The smallest absolute Gasteiger partial charge is 0.0182 e. The maximum absolute atomic E-state index is 3.84. The van der Waals surface area contributed by atoms with E-state index in [1.165, 1.54) is 51.5 Å². The summed E-state index contributed by atoms with van der Waals surface area (Å²) in [7, 11) is 0. The van der Waals surface area contributed by atoms with Gasteiger partial charge in [0.25, 0.3) is 0 Å². The lowest BCUT2D eigenvalue weighted by Crippen LogP contribution is -2.56. The third-order valence-electron chi connectivity index (χ3n) is 5.38. The van der Waals surface area contributed by atoms with Crippen LogP contribution in [0.4, 0.5) is 0 Å². The van der Waals surface area contributed by atoms with Gasteiger partial charge in [0.15, 0.2) is 0 Å². The molecule has 0 aliphatic heterocycles. The molecule has 0 radical (unpaired) electrons. The maximum atomic E-state index is 3.84. The maximum Gasteiger partial charge on any atom is 0.0182 e. The molecular weight excluding hydrogens is 242 g/mol. The van der Waals surface area contributed by atoms with E-state index >= 15 is 0 Å². The largest absolute Gasteiger partial charge is 0.311 e. The Morgan fingerprint density at radius 3 is 1.95 bits per heavy atom. The van der Waals surface area contributed by atoms with Gasteiger partial charge in [0.1, 0.15) is 0 Å². The van der Waals surface area contributed by atoms with E-state index in [2.05, 4.69) is 42.6 Å². The first-order valence-corrected chi connectivity index (χ1v) is 8.59. The molecule has 2 bridgehead atoms. The summed E-state index contributed by atoms with van der Waals surface area (Å²) >= 11 is 0. The van der Waals surface area contributed by atoms with Crippen LogP contribution >= 0.6 is 0 Å². The number of hydrogen-bond donors (Lipinski definition) is 1. The van der Waals surface area contributed by atoms with Gasteiger partial charge in [0, 0.05) is 5.54 Å². The van der Waals surface area contributed by atoms with Gasteiger partial charge in [0.2, 0.25) is 0 Å². The molecule has 0 amide bonds. The number of rotatable bonds is 4. The molecule has 0 aromatic heterocycles. The summed E-state index contributed by atoms with van der Waals surface area (Å²) in [5.74, 6) is 0. The SMILES string of the molecule is CC.CCCNC12CCC(c3ccccc3)(CC1)CC2. The van der Waals surface area contributed by atoms with Crippen LogP contribution in [-0.4, -0.2) is 12.1 Å². The second-order valence-corrected chi connectivity index (χ2v) is 6.35. The van der Waals surface area contributed by atoms with Crippen molar-refractivity contribution in [1.82, 2.24) is 5.32 Å². The Labute approximate surface area is 125 Å². The van der Waals surface area contributed by atoms with Gasteiger partial charge >= 0.3 is 0 Å². The van der Waals surface area contributed by atoms with E-state index in [1.54, 1.807) is 5.56 Å². The summed E-state index contributed by atoms with van der Waals surface area (Å²) in [6.07, 6.45) is 9.53. The molecule has 3 fully saturated rings. The van der Waals surface area contributed by atoms with Gasteiger partial charge < -0.3 is 5.32 Å². The van der Waals surface area contributed by atoms with Crippen molar-refractivity contribution >= 4 is 0 Å². The Morgan fingerprint density at radius 2 is 1.45 bits per heavy atom. The minimum atomic E-state index is 0.493. The summed E-state index contributed by atoms with van der Waals surface area (Å²) in [5.41, 5.74) is 2.59. The zero-order valence-corrected chi connectivity index (χ0v) is 13.5. The van der Waals surface area contributed by atoms with Gasteiger partial charge in [-0.3, -0.25) is 0 Å². The fourth-order valence-corrected chi connectivity index (χ4v) is 4.07. The van der Waals surface area contributed by atoms with Gasteiger partial charge in [-0.25, -0.2) is 0 Å². The Hall–Kier alpha value is -0.820. The summed E-state index contributed by atoms with van der Waals surface area (Å²) in [6.45, 7) is 7.46. The summed E-state index contributed by atoms with van der Waals surface area (Å²) < 4.78 is 0. The molecule has 0 unspecified atom stereocenters. The van der Waals surface area contributed by atoms with Crippen molar-refractivity contribution in [2.45, 2.75) is 76.7 Å². The number of hydrogen-bond acceptors (Lipinski definition) is 1. The minimum Gasteiger partial charge on any atom is -0.311 e. The molecule has 3 aliphatic carbocycles. The fraction of sp³-hybridized carbons (Fsp3) is 0.684. The monoisotopic (exact) mass is 273 g/mol. The zero-order chi connectivity index (χ0) is 14.5. The molecule has 0 saturated heterocycles. The first-order chi connectivity index (χ1) is 9.79. The first kappa shape index (κ1) is 15.6. The van der Waals surface area contributed by atoms with E-state index in [0.29, 0.717) is 11.0 Å². The molecule has 1 aromatic carbocycles. The van der Waals surface area contributed by atoms with E-state index in [-0.39, 0.29) is 0 Å². The average molecular weight is 273 g/mol. The summed E-state index contributed by atoms with van der Waals surface area (Å²) in [5, 5.41) is 3.84. The van der Waals surface area contributed by atoms with Crippen molar-refractivity contribution < 1.29 is 0 Å². The first-order valence-electron chi connectivity index (χ1n) is 8.59. The van der Waals surface area contributed by atoms with Crippen LogP contribution in [0.5, 0.6) is 0 Å². The van der Waals surface area contributed by atoms with Crippen molar-refractivity contribution in [3.8, 4) is 0 Å². The zero-order valence-electron chi connectivity index (χ0n) is 13.5. The molecular formula is C19H31N. The van der Waals surface area contributed by atoms with Crippen molar-refractivity contribution in [2.24, 2.45) is 0 Å². The van der Waals surface area contributed by atoms with Gasteiger partial charge in [-0.2, -0.15) is 0 Å². The lowest BCUT2D eigenvalue weighted by atomic mass is 9.55. The van der Waals surface area contributed by atoms with E-state index in [0.717, 1.165) is 0 Å². The molecule has 4 rings (SSSR count). The topological polar surface area (TPSA) is 12.0 Å². The van der Waals surface area contributed by atoms with Crippen LogP contribution in [-0.2, 0) is 5.41 Å². The second-order valence-electron chi connectivity index (χ2n) is 6.35. The molecule has 0 heterocycles. The van der Waals surface area contributed by atoms with Gasteiger partial charge in [-0.05, 0) is 62.5 Å². The number of fused-ring (bicyclic) bond motifs is 3. The van der Waals surface area contributed by atoms with Crippen LogP contribution in [0.2, 0.25) is 0 Å². The molecule has 1 N–H and O–H groups in total. The average Bonchev–Trinajstić information content (AvgIpc) is 2.57. The van der Waals surface area contributed by atoms with Crippen LogP contribution in [0.15, 0.2) is 30.3 Å². The second kappa shape index (κ2) is 6.76. The molecule has 0 spiro atoms. The van der Waals surface area contributed by atoms with Crippen molar-refractivity contribution in [2.75, 3.05) is 6.54 Å². The van der Waals surface area contributed by atoms with Crippen molar-refractivity contribution in [3.63, 3.8) is 0 Å². The Bertz CT molecular complexity index is 371. The van der Waals surface area contributed by atoms with Gasteiger partial charge in [0.05, 0.1) is 0 Å². The molecule has 1 heteroatoms. The van der Waals surface area contributed by atoms with Crippen LogP contribution in [0, 0.1) is 0 Å². The highest BCUT2D eigenvalue weighted by molar-refractivity contribution is 5.29. The standard InChI is InChI=1S/C17H25N.C2H6/c1-2-14-18-17-11-8-16(9-12-17,10-13-17)15-6-4-3-5-7-15;1-2/h3-7,18H,2,8-14H2,1H3;1-2H3. The molecule has 1 nitrogen and oxygen atoms in total. The molecule has 0 atom stereocenters. The fourth-order valence-electron chi connectivity index (χ4n) is 4.07. The highest BCUT2D eigenvalue weighted by Crippen LogP contribution is 2.53. The number of nitrogens with one attached hydrogen (secondary N) is 1. The normalized spacial score (nSPS) is 31.6.